The van der Waals surface area contributed by atoms with E-state index < -0.39 is 22.0 Å². The summed E-state index contributed by atoms with van der Waals surface area (Å²) in [5.41, 5.74) is 9.78. The van der Waals surface area contributed by atoms with Crippen LogP contribution in [0.5, 0.6) is 0 Å². The third kappa shape index (κ3) is 6.82. The Morgan fingerprint density at radius 3 is 2.33 bits per heavy atom. The number of aromatic nitrogens is 2. The molecule has 3 N–H and O–H groups in total. The molecule has 0 aliphatic heterocycles. The molecule has 0 aliphatic rings. The van der Waals surface area contributed by atoms with Gasteiger partial charge in [-0.25, -0.2) is 22.9 Å². The molecule has 9 nitrogen and oxygen atoms in total. The van der Waals surface area contributed by atoms with Gasteiger partial charge in [-0.15, -0.1) is 0 Å². The molecule has 0 fully saturated rings. The van der Waals surface area contributed by atoms with Crippen LogP contribution in [0.3, 0.4) is 0 Å². The maximum atomic E-state index is 12.5. The van der Waals surface area contributed by atoms with Crippen LogP contribution in [0, 0.1) is 6.92 Å². The van der Waals surface area contributed by atoms with Crippen molar-refractivity contribution >= 4 is 44.6 Å². The van der Waals surface area contributed by atoms with Crippen LogP contribution < -0.4 is 40.0 Å². The standard InChI is InChI=1S/C27H28ClN5O4S.Na.H/c1-4-25-30-23-15-21(26(29)34)22(28)16-24(23)33(25)19-9-7-18(8-10-19)13-14-32(3)27(35)31-38(36,37)20-11-5-17(2)6-12-20;;/h5-12,15-16H,4,13-14H2,1-3H3,(H2,29,34)(H,31,35);;/q;+1;-1. The predicted molar refractivity (Wildman–Crippen MR) is 148 cm³/mol. The number of fused-ring (bicyclic) bond motifs is 1. The Bertz CT molecular complexity index is 1630. The Kier molecular flexibility index (Phi) is 9.84. The first-order chi connectivity index (χ1) is 18.0. The summed E-state index contributed by atoms with van der Waals surface area (Å²) in [6.45, 7) is 4.16. The Morgan fingerprint density at radius 1 is 1.10 bits per heavy atom. The van der Waals surface area contributed by atoms with E-state index in [-0.39, 0.29) is 46.5 Å². The summed E-state index contributed by atoms with van der Waals surface area (Å²) in [6.07, 6.45) is 1.18. The van der Waals surface area contributed by atoms with Crippen molar-refractivity contribution in [3.63, 3.8) is 0 Å². The van der Waals surface area contributed by atoms with Gasteiger partial charge in [-0.2, -0.15) is 0 Å². The van der Waals surface area contributed by atoms with Gasteiger partial charge in [-0.1, -0.05) is 48.4 Å². The zero-order chi connectivity index (χ0) is 27.6. The van der Waals surface area contributed by atoms with E-state index in [9.17, 15) is 18.0 Å². The number of likely N-dealkylation sites (N-methyl/N-ethyl adjacent to an activating group) is 1. The number of primary amides is 1. The van der Waals surface area contributed by atoms with Crippen LogP contribution in [0.25, 0.3) is 16.7 Å². The number of aryl methyl sites for hydroxylation is 2. The van der Waals surface area contributed by atoms with Gasteiger partial charge >= 0.3 is 35.6 Å². The molecule has 4 aromatic rings. The molecule has 1 heterocycles. The topological polar surface area (TPSA) is 127 Å². The van der Waals surface area contributed by atoms with Crippen LogP contribution >= 0.6 is 11.6 Å². The molecule has 0 unspecified atom stereocenters. The number of nitrogens with one attached hydrogen (secondary N) is 1. The first-order valence-corrected chi connectivity index (χ1v) is 13.8. The van der Waals surface area contributed by atoms with E-state index in [2.05, 4.69) is 9.71 Å². The molecule has 0 saturated heterocycles. The summed E-state index contributed by atoms with van der Waals surface area (Å²) in [7, 11) is -2.41. The number of nitrogens with zero attached hydrogens (tertiary/aromatic N) is 3. The minimum Gasteiger partial charge on any atom is -1.00 e. The molecular formula is C27H29ClN5NaO4S. The van der Waals surface area contributed by atoms with Gasteiger partial charge in [0, 0.05) is 25.7 Å². The first-order valence-electron chi connectivity index (χ1n) is 11.9. The van der Waals surface area contributed by atoms with Crippen molar-refractivity contribution in [3.8, 4) is 5.69 Å². The summed E-state index contributed by atoms with van der Waals surface area (Å²) in [6, 6.07) is 16.6. The number of hydrogen-bond donors (Lipinski definition) is 2. The monoisotopic (exact) mass is 577 g/mol. The minimum absolute atomic E-state index is 0. The molecule has 200 valence electrons. The van der Waals surface area contributed by atoms with E-state index in [0.717, 1.165) is 28.2 Å². The van der Waals surface area contributed by atoms with Crippen molar-refractivity contribution in [1.29, 1.82) is 0 Å². The number of halogens is 1. The molecule has 0 bridgehead atoms. The molecule has 0 aliphatic carbocycles. The van der Waals surface area contributed by atoms with Crippen molar-refractivity contribution in [2.45, 2.75) is 31.6 Å². The molecule has 0 spiro atoms. The van der Waals surface area contributed by atoms with Crippen molar-refractivity contribution in [3.05, 3.63) is 88.2 Å². The molecule has 12 heteroatoms. The second kappa shape index (κ2) is 12.5. The smallest absolute Gasteiger partial charge is 1.00 e. The van der Waals surface area contributed by atoms with Crippen molar-refractivity contribution in [2.24, 2.45) is 5.73 Å². The van der Waals surface area contributed by atoms with E-state index in [0.29, 0.717) is 24.9 Å². The van der Waals surface area contributed by atoms with Gasteiger partial charge in [0.25, 0.3) is 10.0 Å². The normalized spacial score (nSPS) is 11.2. The van der Waals surface area contributed by atoms with Crippen molar-refractivity contribution < 1.29 is 49.0 Å². The average Bonchev–Trinajstić information content (AvgIpc) is 3.24. The van der Waals surface area contributed by atoms with Crippen LogP contribution in [0.1, 0.15) is 35.7 Å². The SMILES string of the molecule is CCc1nc2cc(C(N)=O)c(Cl)cc2n1-c1ccc(CCN(C)C(=O)NS(=O)(=O)c2ccc(C)cc2)cc1.[H-].[Na+]. The number of rotatable bonds is 8. The summed E-state index contributed by atoms with van der Waals surface area (Å²) in [5, 5.41) is 0.260. The van der Waals surface area contributed by atoms with Gasteiger partial charge < -0.3 is 12.1 Å². The van der Waals surface area contributed by atoms with Gasteiger partial charge in [0.2, 0.25) is 5.91 Å². The quantitative estimate of drug-likeness (QED) is 0.306. The Morgan fingerprint density at radius 2 is 1.74 bits per heavy atom. The van der Waals surface area contributed by atoms with Crippen molar-refractivity contribution in [1.82, 2.24) is 19.2 Å². The summed E-state index contributed by atoms with van der Waals surface area (Å²) in [5.74, 6) is 0.192. The third-order valence-electron chi connectivity index (χ3n) is 6.22. The van der Waals surface area contributed by atoms with E-state index >= 15 is 0 Å². The molecule has 1 aromatic heterocycles. The number of carbonyl (C=O) groups is 2. The van der Waals surface area contributed by atoms with Crippen LogP contribution in [0.15, 0.2) is 65.6 Å². The predicted octanol–water partition coefficient (Wildman–Crippen LogP) is 1.34. The Hall–Kier alpha value is -2.89. The number of sulfonamides is 1. The number of carbonyl (C=O) groups excluding carboxylic acids is 2. The van der Waals surface area contributed by atoms with E-state index in [1.165, 1.54) is 17.0 Å². The molecule has 4 rings (SSSR count). The van der Waals surface area contributed by atoms with Gasteiger partial charge in [0.05, 0.1) is 26.5 Å². The summed E-state index contributed by atoms with van der Waals surface area (Å²) < 4.78 is 29.1. The molecule has 0 saturated carbocycles. The molecular weight excluding hydrogens is 549 g/mol. The fraction of sp³-hybridized carbons (Fsp3) is 0.222. The van der Waals surface area contributed by atoms with E-state index in [4.69, 9.17) is 17.3 Å². The van der Waals surface area contributed by atoms with Crippen molar-refractivity contribution in [2.75, 3.05) is 13.6 Å². The van der Waals surface area contributed by atoms with Crippen LogP contribution in [0.2, 0.25) is 5.02 Å². The molecule has 3 aromatic carbocycles. The van der Waals surface area contributed by atoms with Crippen LogP contribution in [0.4, 0.5) is 4.79 Å². The van der Waals surface area contributed by atoms with Gasteiger partial charge in [0.15, 0.2) is 0 Å². The summed E-state index contributed by atoms with van der Waals surface area (Å²) in [4.78, 5) is 30.2. The molecule has 0 atom stereocenters. The third-order valence-corrected chi connectivity index (χ3v) is 7.87. The average molecular weight is 578 g/mol. The largest absolute Gasteiger partial charge is 1.00 e. The number of urea groups is 1. The molecule has 39 heavy (non-hydrogen) atoms. The zero-order valence-corrected chi connectivity index (χ0v) is 25.8. The molecule has 3 amide bonds. The van der Waals surface area contributed by atoms with Gasteiger partial charge in [-0.3, -0.25) is 9.36 Å². The van der Waals surface area contributed by atoms with Gasteiger partial charge in [-0.05, 0) is 55.3 Å². The van der Waals surface area contributed by atoms with Crippen LogP contribution in [-0.2, 0) is 22.9 Å². The van der Waals surface area contributed by atoms with Gasteiger partial charge in [0.1, 0.15) is 5.82 Å². The Balaban J connectivity index is 0.00000280. The minimum atomic E-state index is -3.96. The maximum absolute atomic E-state index is 12.5. The number of imidazole rings is 1. The number of benzene rings is 3. The molecule has 0 radical (unpaired) electrons. The zero-order valence-electron chi connectivity index (χ0n) is 23.2. The fourth-order valence-electron chi connectivity index (χ4n) is 4.04. The maximum Gasteiger partial charge on any atom is 1.00 e. The number of nitrogens with two attached hydrogens (primary N) is 1. The first kappa shape index (κ1) is 30.6. The fourth-order valence-corrected chi connectivity index (χ4v) is 5.29. The second-order valence-electron chi connectivity index (χ2n) is 8.96. The Labute approximate surface area is 256 Å². The second-order valence-corrected chi connectivity index (χ2v) is 11.1. The summed E-state index contributed by atoms with van der Waals surface area (Å²) >= 11 is 6.30. The van der Waals surface area contributed by atoms with E-state index in [1.54, 1.807) is 31.3 Å². The van der Waals surface area contributed by atoms with E-state index in [1.807, 2.05) is 42.7 Å². The number of amides is 3. The number of hydrogen-bond acceptors (Lipinski definition) is 5. The van der Waals surface area contributed by atoms with Crippen LogP contribution in [-0.4, -0.2) is 48.4 Å².